The van der Waals surface area contributed by atoms with Crippen molar-refractivity contribution >= 4 is 6.29 Å². The zero-order valence-electron chi connectivity index (χ0n) is 7.94. The van der Waals surface area contributed by atoms with Crippen LogP contribution < -0.4 is 0 Å². The Morgan fingerprint density at radius 3 is 3.21 bits per heavy atom. The molecule has 4 heteroatoms. The number of aldehydes is 1. The van der Waals surface area contributed by atoms with Gasteiger partial charge < -0.3 is 9.26 Å². The second kappa shape index (κ2) is 4.37. The Labute approximate surface area is 82.2 Å². The molecule has 1 aromatic heterocycles. The van der Waals surface area contributed by atoms with E-state index < -0.39 is 0 Å². The minimum absolute atomic E-state index is 0.372. The maximum absolute atomic E-state index is 10.4. The third-order valence-electron chi connectivity index (χ3n) is 2.44. The highest BCUT2D eigenvalue weighted by molar-refractivity contribution is 5.71. The van der Waals surface area contributed by atoms with E-state index in [0.717, 1.165) is 38.2 Å². The van der Waals surface area contributed by atoms with Crippen LogP contribution in [0.1, 0.15) is 29.1 Å². The zero-order chi connectivity index (χ0) is 9.80. The molecule has 2 rings (SSSR count). The topological polar surface area (TPSA) is 52.3 Å². The van der Waals surface area contributed by atoms with Gasteiger partial charge in [-0.05, 0) is 18.8 Å². The molecule has 1 aliphatic rings. The fourth-order valence-electron chi connectivity index (χ4n) is 1.73. The molecule has 0 aromatic carbocycles. The van der Waals surface area contributed by atoms with Crippen LogP contribution in [0.15, 0.2) is 10.6 Å². The predicted octanol–water partition coefficient (Wildman–Crippen LogP) is 1.46. The van der Waals surface area contributed by atoms with Crippen molar-refractivity contribution in [1.82, 2.24) is 5.16 Å². The number of hydrogen-bond donors (Lipinski definition) is 0. The Bertz CT molecular complexity index is 302. The quantitative estimate of drug-likeness (QED) is 0.685. The minimum atomic E-state index is 0.372. The van der Waals surface area contributed by atoms with E-state index in [0.29, 0.717) is 17.9 Å². The van der Waals surface area contributed by atoms with Gasteiger partial charge in [0.1, 0.15) is 11.5 Å². The molecule has 0 amide bonds. The fraction of sp³-hybridized carbons (Fsp3) is 0.600. The Morgan fingerprint density at radius 1 is 1.64 bits per heavy atom. The average Bonchev–Trinajstić information content (AvgIpc) is 2.67. The molecule has 14 heavy (non-hydrogen) atoms. The number of hydrogen-bond acceptors (Lipinski definition) is 4. The van der Waals surface area contributed by atoms with Crippen LogP contribution in [-0.2, 0) is 11.2 Å². The third-order valence-corrected chi connectivity index (χ3v) is 2.44. The predicted molar refractivity (Wildman–Crippen MR) is 49.1 cm³/mol. The molecule has 0 radical (unpaired) electrons. The molecule has 1 atom stereocenters. The standard InChI is InChI=1S/C10H13NO3/c12-6-9-5-10(14-11-9)4-8-2-1-3-13-7-8/h5-6,8H,1-4,7H2. The Morgan fingerprint density at radius 2 is 2.57 bits per heavy atom. The van der Waals surface area contributed by atoms with E-state index in [4.69, 9.17) is 9.26 Å². The summed E-state index contributed by atoms with van der Waals surface area (Å²) in [6.07, 6.45) is 3.79. The van der Waals surface area contributed by atoms with Crippen molar-refractivity contribution in [2.75, 3.05) is 13.2 Å². The van der Waals surface area contributed by atoms with E-state index in [-0.39, 0.29) is 0 Å². The van der Waals surface area contributed by atoms with Gasteiger partial charge >= 0.3 is 0 Å². The van der Waals surface area contributed by atoms with Crippen molar-refractivity contribution in [2.24, 2.45) is 5.92 Å². The summed E-state index contributed by atoms with van der Waals surface area (Å²) in [5, 5.41) is 3.62. The molecule has 2 heterocycles. The summed E-state index contributed by atoms with van der Waals surface area (Å²) in [6.45, 7) is 1.66. The molecule has 1 saturated heterocycles. The van der Waals surface area contributed by atoms with Crippen molar-refractivity contribution in [3.63, 3.8) is 0 Å². The molecule has 0 N–H and O–H groups in total. The summed E-state index contributed by atoms with van der Waals surface area (Å²) in [5.74, 6) is 1.29. The lowest BCUT2D eigenvalue weighted by atomic mass is 9.97. The lowest BCUT2D eigenvalue weighted by Gasteiger charge is -2.20. The second-order valence-electron chi connectivity index (χ2n) is 3.62. The summed E-state index contributed by atoms with van der Waals surface area (Å²) in [7, 11) is 0. The molecule has 76 valence electrons. The summed E-state index contributed by atoms with van der Waals surface area (Å²) in [6, 6.07) is 1.70. The van der Waals surface area contributed by atoms with Crippen LogP contribution in [-0.4, -0.2) is 24.7 Å². The van der Waals surface area contributed by atoms with Gasteiger partial charge in [0, 0.05) is 25.7 Å². The van der Waals surface area contributed by atoms with E-state index in [2.05, 4.69) is 5.16 Å². The first-order valence-corrected chi connectivity index (χ1v) is 4.87. The Hall–Kier alpha value is -1.16. The lowest BCUT2D eigenvalue weighted by Crippen LogP contribution is -2.18. The summed E-state index contributed by atoms with van der Waals surface area (Å²) >= 11 is 0. The van der Waals surface area contributed by atoms with E-state index in [1.54, 1.807) is 6.07 Å². The number of nitrogens with zero attached hydrogens (tertiary/aromatic N) is 1. The van der Waals surface area contributed by atoms with Gasteiger partial charge in [-0.3, -0.25) is 4.79 Å². The Kier molecular flexibility index (Phi) is 2.93. The largest absolute Gasteiger partial charge is 0.381 e. The van der Waals surface area contributed by atoms with Crippen molar-refractivity contribution < 1.29 is 14.1 Å². The van der Waals surface area contributed by atoms with Crippen molar-refractivity contribution in [1.29, 1.82) is 0 Å². The first kappa shape index (κ1) is 9.40. The second-order valence-corrected chi connectivity index (χ2v) is 3.62. The van der Waals surface area contributed by atoms with Gasteiger partial charge in [-0.1, -0.05) is 5.16 Å². The van der Waals surface area contributed by atoms with Crippen LogP contribution in [0.2, 0.25) is 0 Å². The Balaban J connectivity index is 1.92. The number of carbonyl (C=O) groups is 1. The molecule has 0 spiro atoms. The number of carbonyl (C=O) groups excluding carboxylic acids is 1. The zero-order valence-corrected chi connectivity index (χ0v) is 7.94. The molecular weight excluding hydrogens is 182 g/mol. The van der Waals surface area contributed by atoms with Crippen LogP contribution in [0, 0.1) is 5.92 Å². The van der Waals surface area contributed by atoms with Gasteiger partial charge in [-0.15, -0.1) is 0 Å². The van der Waals surface area contributed by atoms with Gasteiger partial charge in [-0.25, -0.2) is 0 Å². The molecule has 1 aromatic rings. The first-order chi connectivity index (χ1) is 6.88. The van der Waals surface area contributed by atoms with Crippen LogP contribution >= 0.6 is 0 Å². The van der Waals surface area contributed by atoms with Gasteiger partial charge in [0.2, 0.25) is 0 Å². The highest BCUT2D eigenvalue weighted by atomic mass is 16.5. The summed E-state index contributed by atoms with van der Waals surface area (Å²) < 4.78 is 10.4. The highest BCUT2D eigenvalue weighted by Gasteiger charge is 2.16. The van der Waals surface area contributed by atoms with Crippen LogP contribution in [0.3, 0.4) is 0 Å². The van der Waals surface area contributed by atoms with Gasteiger partial charge in [0.15, 0.2) is 6.29 Å². The summed E-state index contributed by atoms with van der Waals surface area (Å²) in [5.41, 5.74) is 0.372. The molecule has 1 fully saturated rings. The molecule has 4 nitrogen and oxygen atoms in total. The number of aromatic nitrogens is 1. The van der Waals surface area contributed by atoms with Gasteiger partial charge in [0.25, 0.3) is 0 Å². The fourth-order valence-corrected chi connectivity index (χ4v) is 1.73. The molecule has 1 aliphatic heterocycles. The SMILES string of the molecule is O=Cc1cc(CC2CCCOC2)on1. The molecule has 0 saturated carbocycles. The van der Waals surface area contributed by atoms with Crippen molar-refractivity contribution in [3.8, 4) is 0 Å². The average molecular weight is 195 g/mol. The maximum atomic E-state index is 10.4. The maximum Gasteiger partial charge on any atom is 0.171 e. The monoisotopic (exact) mass is 195 g/mol. The molecule has 1 unspecified atom stereocenters. The van der Waals surface area contributed by atoms with E-state index in [9.17, 15) is 4.79 Å². The molecule has 0 aliphatic carbocycles. The minimum Gasteiger partial charge on any atom is -0.381 e. The molecular formula is C10H13NO3. The van der Waals surface area contributed by atoms with Gasteiger partial charge in [-0.2, -0.15) is 0 Å². The van der Waals surface area contributed by atoms with E-state index in [1.807, 2.05) is 0 Å². The van der Waals surface area contributed by atoms with Gasteiger partial charge in [0.05, 0.1) is 0 Å². The van der Waals surface area contributed by atoms with Crippen molar-refractivity contribution in [3.05, 3.63) is 17.5 Å². The van der Waals surface area contributed by atoms with Crippen molar-refractivity contribution in [2.45, 2.75) is 19.3 Å². The van der Waals surface area contributed by atoms with Crippen LogP contribution in [0.25, 0.3) is 0 Å². The van der Waals surface area contributed by atoms with E-state index >= 15 is 0 Å². The number of rotatable bonds is 3. The third kappa shape index (κ3) is 2.20. The first-order valence-electron chi connectivity index (χ1n) is 4.87. The normalized spacial score (nSPS) is 22.1. The lowest BCUT2D eigenvalue weighted by molar-refractivity contribution is 0.0525. The summed E-state index contributed by atoms with van der Waals surface area (Å²) in [4.78, 5) is 10.4. The van der Waals surface area contributed by atoms with Crippen LogP contribution in [0.5, 0.6) is 0 Å². The molecule has 0 bridgehead atoms. The van der Waals surface area contributed by atoms with E-state index in [1.165, 1.54) is 0 Å². The smallest absolute Gasteiger partial charge is 0.171 e. The van der Waals surface area contributed by atoms with Crippen LogP contribution in [0.4, 0.5) is 0 Å². The highest BCUT2D eigenvalue weighted by Crippen LogP contribution is 2.18. The number of ether oxygens (including phenoxy) is 1.